The van der Waals surface area contributed by atoms with Crippen molar-refractivity contribution < 1.29 is 9.84 Å². The molecule has 0 amide bonds. The largest absolute Gasteiger partial charge is 0.394 e. The Morgan fingerprint density at radius 3 is 2.52 bits per heavy atom. The molecule has 4 atom stereocenters. The molecule has 0 bridgehead atoms. The molecule has 21 heavy (non-hydrogen) atoms. The van der Waals surface area contributed by atoms with Crippen molar-refractivity contribution >= 4 is 0 Å². The molecule has 3 N–H and O–H groups in total. The Morgan fingerprint density at radius 2 is 1.90 bits per heavy atom. The maximum atomic E-state index is 9.67. The third-order valence-electron chi connectivity index (χ3n) is 5.08. The van der Waals surface area contributed by atoms with Gasteiger partial charge in [0.15, 0.2) is 0 Å². The summed E-state index contributed by atoms with van der Waals surface area (Å²) in [5, 5.41) is 9.67. The van der Waals surface area contributed by atoms with E-state index in [1.807, 2.05) is 30.3 Å². The Bertz CT molecular complexity index is 422. The van der Waals surface area contributed by atoms with Gasteiger partial charge in [-0.25, -0.2) is 0 Å². The van der Waals surface area contributed by atoms with Crippen molar-refractivity contribution in [2.45, 2.75) is 51.2 Å². The summed E-state index contributed by atoms with van der Waals surface area (Å²) in [6, 6.07) is 9.82. The Labute approximate surface area is 128 Å². The first-order valence-corrected chi connectivity index (χ1v) is 8.12. The molecule has 0 saturated heterocycles. The first kappa shape index (κ1) is 16.5. The number of hydrogen-bond acceptors (Lipinski definition) is 3. The van der Waals surface area contributed by atoms with Crippen LogP contribution in [0.25, 0.3) is 0 Å². The second-order valence-corrected chi connectivity index (χ2v) is 6.69. The fraction of sp³-hybridized carbons (Fsp3) is 0.667. The summed E-state index contributed by atoms with van der Waals surface area (Å²) in [5.41, 5.74) is 6.63. The third-order valence-corrected chi connectivity index (χ3v) is 5.08. The number of aliphatic hydroxyl groups is 1. The van der Waals surface area contributed by atoms with Gasteiger partial charge in [-0.15, -0.1) is 0 Å². The van der Waals surface area contributed by atoms with Gasteiger partial charge in [-0.2, -0.15) is 0 Å². The van der Waals surface area contributed by atoms with Crippen LogP contribution in [0, 0.1) is 11.8 Å². The van der Waals surface area contributed by atoms with Crippen LogP contribution in [-0.4, -0.2) is 24.4 Å². The van der Waals surface area contributed by atoms with E-state index in [0.29, 0.717) is 19.1 Å². The van der Waals surface area contributed by atoms with E-state index < -0.39 is 5.54 Å². The van der Waals surface area contributed by atoms with Gasteiger partial charge >= 0.3 is 0 Å². The molecule has 3 heteroatoms. The number of aliphatic hydroxyl groups excluding tert-OH is 1. The molecular weight excluding hydrogens is 262 g/mol. The summed E-state index contributed by atoms with van der Waals surface area (Å²) in [7, 11) is 0. The number of benzene rings is 1. The standard InChI is InChI=1S/C18H29NO2/c1-14-8-9-17(12-15(14)2)21-11-10-18(19,13-20)16-6-4-3-5-7-16/h3-7,14-15,17,20H,8-13,19H2,1-2H3. The van der Waals surface area contributed by atoms with E-state index in [2.05, 4.69) is 13.8 Å². The summed E-state index contributed by atoms with van der Waals surface area (Å²) in [4.78, 5) is 0. The van der Waals surface area contributed by atoms with Crippen LogP contribution in [0.3, 0.4) is 0 Å². The summed E-state index contributed by atoms with van der Waals surface area (Å²) in [6.07, 6.45) is 4.54. The number of nitrogens with two attached hydrogens (primary N) is 1. The number of hydrogen-bond donors (Lipinski definition) is 2. The lowest BCUT2D eigenvalue weighted by Crippen LogP contribution is -2.42. The molecule has 3 nitrogen and oxygen atoms in total. The van der Waals surface area contributed by atoms with Gasteiger partial charge in [0.05, 0.1) is 18.2 Å². The highest BCUT2D eigenvalue weighted by molar-refractivity contribution is 5.23. The monoisotopic (exact) mass is 291 g/mol. The van der Waals surface area contributed by atoms with E-state index in [4.69, 9.17) is 10.5 Å². The molecule has 1 aliphatic carbocycles. The van der Waals surface area contributed by atoms with Crippen LogP contribution in [0.15, 0.2) is 30.3 Å². The fourth-order valence-corrected chi connectivity index (χ4v) is 3.14. The van der Waals surface area contributed by atoms with E-state index >= 15 is 0 Å². The SMILES string of the molecule is CC1CCC(OCCC(N)(CO)c2ccccc2)CC1C. The van der Waals surface area contributed by atoms with Crippen molar-refractivity contribution in [3.8, 4) is 0 Å². The second-order valence-electron chi connectivity index (χ2n) is 6.69. The van der Waals surface area contributed by atoms with E-state index in [1.165, 1.54) is 6.42 Å². The second kappa shape index (κ2) is 7.39. The van der Waals surface area contributed by atoms with Crippen molar-refractivity contribution in [3.63, 3.8) is 0 Å². The number of ether oxygens (including phenoxy) is 1. The lowest BCUT2D eigenvalue weighted by atomic mass is 9.80. The highest BCUT2D eigenvalue weighted by atomic mass is 16.5. The van der Waals surface area contributed by atoms with Gasteiger partial charge in [0.2, 0.25) is 0 Å². The van der Waals surface area contributed by atoms with Crippen LogP contribution in [0.4, 0.5) is 0 Å². The zero-order valence-corrected chi connectivity index (χ0v) is 13.3. The summed E-state index contributed by atoms with van der Waals surface area (Å²) in [6.45, 7) is 5.19. The van der Waals surface area contributed by atoms with Gasteiger partial charge in [-0.3, -0.25) is 0 Å². The molecule has 0 spiro atoms. The minimum absolute atomic E-state index is 0.0571. The Balaban J connectivity index is 1.84. The quantitative estimate of drug-likeness (QED) is 0.847. The van der Waals surface area contributed by atoms with Crippen molar-refractivity contribution in [1.29, 1.82) is 0 Å². The van der Waals surface area contributed by atoms with Crippen LogP contribution < -0.4 is 5.73 Å². The molecule has 1 aromatic rings. The molecule has 2 rings (SSSR count). The highest BCUT2D eigenvalue weighted by Crippen LogP contribution is 2.31. The molecule has 1 saturated carbocycles. The highest BCUT2D eigenvalue weighted by Gasteiger charge is 2.28. The fourth-order valence-electron chi connectivity index (χ4n) is 3.14. The normalized spacial score (nSPS) is 29.0. The van der Waals surface area contributed by atoms with Gasteiger partial charge < -0.3 is 15.6 Å². The predicted molar refractivity (Wildman–Crippen MR) is 85.9 cm³/mol. The summed E-state index contributed by atoms with van der Waals surface area (Å²) >= 11 is 0. The molecule has 4 unspecified atom stereocenters. The van der Waals surface area contributed by atoms with E-state index in [0.717, 1.165) is 30.2 Å². The van der Waals surface area contributed by atoms with Gasteiger partial charge in [-0.05, 0) is 43.1 Å². The third kappa shape index (κ3) is 4.29. The molecule has 118 valence electrons. The molecule has 1 fully saturated rings. The lowest BCUT2D eigenvalue weighted by Gasteiger charge is -2.33. The van der Waals surface area contributed by atoms with Crippen LogP contribution in [-0.2, 0) is 10.3 Å². The van der Waals surface area contributed by atoms with Crippen molar-refractivity contribution in [1.82, 2.24) is 0 Å². The molecule has 0 aromatic heterocycles. The molecule has 1 aliphatic rings. The molecule has 1 aromatic carbocycles. The van der Waals surface area contributed by atoms with Crippen LogP contribution >= 0.6 is 0 Å². The first-order valence-electron chi connectivity index (χ1n) is 8.12. The summed E-state index contributed by atoms with van der Waals surface area (Å²) < 4.78 is 6.03. The Hall–Kier alpha value is -0.900. The topological polar surface area (TPSA) is 55.5 Å². The predicted octanol–water partition coefficient (Wildman–Crippen LogP) is 3.06. The van der Waals surface area contributed by atoms with Gasteiger partial charge in [0.1, 0.15) is 0 Å². The Kier molecular flexibility index (Phi) is 5.80. The van der Waals surface area contributed by atoms with Crippen molar-refractivity contribution in [2.75, 3.05) is 13.2 Å². The van der Waals surface area contributed by atoms with Crippen molar-refractivity contribution in [2.24, 2.45) is 17.6 Å². The molecular formula is C18H29NO2. The van der Waals surface area contributed by atoms with E-state index in [1.54, 1.807) is 0 Å². The Morgan fingerprint density at radius 1 is 1.19 bits per heavy atom. The smallest absolute Gasteiger partial charge is 0.0666 e. The number of rotatable bonds is 6. The first-order chi connectivity index (χ1) is 10.0. The van der Waals surface area contributed by atoms with E-state index in [-0.39, 0.29) is 6.61 Å². The van der Waals surface area contributed by atoms with Gasteiger partial charge in [0, 0.05) is 6.61 Å². The minimum Gasteiger partial charge on any atom is -0.394 e. The summed E-state index contributed by atoms with van der Waals surface area (Å²) in [5.74, 6) is 1.54. The molecule has 0 heterocycles. The zero-order valence-electron chi connectivity index (χ0n) is 13.3. The van der Waals surface area contributed by atoms with Gasteiger partial charge in [-0.1, -0.05) is 44.2 Å². The average molecular weight is 291 g/mol. The van der Waals surface area contributed by atoms with Crippen LogP contribution in [0.5, 0.6) is 0 Å². The van der Waals surface area contributed by atoms with Gasteiger partial charge in [0.25, 0.3) is 0 Å². The molecule has 0 radical (unpaired) electrons. The molecule has 0 aliphatic heterocycles. The average Bonchev–Trinajstić information content (AvgIpc) is 2.51. The van der Waals surface area contributed by atoms with E-state index in [9.17, 15) is 5.11 Å². The lowest BCUT2D eigenvalue weighted by molar-refractivity contribution is -0.00852. The minimum atomic E-state index is -0.700. The van der Waals surface area contributed by atoms with Crippen LogP contribution in [0.2, 0.25) is 0 Å². The van der Waals surface area contributed by atoms with Crippen LogP contribution in [0.1, 0.15) is 45.1 Å². The maximum Gasteiger partial charge on any atom is 0.0666 e. The zero-order chi connectivity index (χ0) is 15.3. The maximum absolute atomic E-state index is 9.67. The van der Waals surface area contributed by atoms with Crippen molar-refractivity contribution in [3.05, 3.63) is 35.9 Å².